The van der Waals surface area contributed by atoms with Crippen molar-refractivity contribution < 1.29 is 58.4 Å². The van der Waals surface area contributed by atoms with Crippen molar-refractivity contribution in [2.75, 3.05) is 21.3 Å². The second kappa shape index (κ2) is 10.1. The molecule has 0 aliphatic carbocycles. The smallest absolute Gasteiger partial charge is 0.335 e. The summed E-state index contributed by atoms with van der Waals surface area (Å²) in [4.78, 5) is 24.2. The summed E-state index contributed by atoms with van der Waals surface area (Å²) in [6.07, 6.45) is -9.25. The third kappa shape index (κ3) is 4.72. The number of ether oxygens (including phenoxy) is 5. The molecule has 5 N–H and O–H groups in total. The van der Waals surface area contributed by atoms with E-state index in [-0.39, 0.29) is 22.5 Å². The normalized spacial score (nSPS) is 23.5. The number of benzene rings is 2. The maximum Gasteiger partial charge on any atom is 0.335 e. The van der Waals surface area contributed by atoms with E-state index < -0.39 is 47.9 Å². The van der Waals surface area contributed by atoms with E-state index in [9.17, 15) is 35.1 Å². The zero-order valence-corrected chi connectivity index (χ0v) is 19.8. The van der Waals surface area contributed by atoms with Crippen LogP contribution in [0.15, 0.2) is 39.5 Å². The fourth-order valence-electron chi connectivity index (χ4n) is 3.96. The zero-order valence-electron chi connectivity index (χ0n) is 19.8. The molecule has 37 heavy (non-hydrogen) atoms. The quantitative estimate of drug-likeness (QED) is 0.289. The van der Waals surface area contributed by atoms with Crippen molar-refractivity contribution in [2.24, 2.45) is 0 Å². The lowest BCUT2D eigenvalue weighted by Gasteiger charge is -2.38. The molecule has 0 radical (unpaired) electrons. The Morgan fingerprint density at radius 2 is 1.54 bits per heavy atom. The number of carboxylic acids is 1. The molecule has 13 nitrogen and oxygen atoms in total. The molecule has 13 heteroatoms. The number of carboxylic acid groups (broad SMARTS) is 1. The predicted octanol–water partition coefficient (Wildman–Crippen LogP) is 0.462. The van der Waals surface area contributed by atoms with Crippen LogP contribution in [-0.4, -0.2) is 83.5 Å². The molecule has 5 atom stereocenters. The van der Waals surface area contributed by atoms with Crippen molar-refractivity contribution >= 4 is 16.9 Å². The van der Waals surface area contributed by atoms with Gasteiger partial charge in [0.15, 0.2) is 23.0 Å². The molecule has 0 spiro atoms. The number of aliphatic hydroxyl groups is 3. The summed E-state index contributed by atoms with van der Waals surface area (Å²) < 4.78 is 32.4. The van der Waals surface area contributed by atoms with Crippen molar-refractivity contribution in [3.05, 3.63) is 40.6 Å². The number of aromatic hydroxyl groups is 1. The van der Waals surface area contributed by atoms with Gasteiger partial charge in [0, 0.05) is 23.8 Å². The SMILES string of the molecule is COc1cc(-c2cc(=O)c3c(O)cc(O[C@@H]4O[C@H](C(=O)O)[C@@H](O)[C@H](O)[C@H]4O)cc3o2)cc(OC)c1OC. The highest BCUT2D eigenvalue weighted by Gasteiger charge is 2.48. The Kier molecular flexibility index (Phi) is 7.14. The minimum atomic E-state index is -1.91. The summed E-state index contributed by atoms with van der Waals surface area (Å²) >= 11 is 0. The molecule has 1 aliphatic rings. The fourth-order valence-corrected chi connectivity index (χ4v) is 3.96. The van der Waals surface area contributed by atoms with Crippen LogP contribution in [0.3, 0.4) is 0 Å². The van der Waals surface area contributed by atoms with Gasteiger partial charge in [-0.05, 0) is 12.1 Å². The number of rotatable bonds is 7. The van der Waals surface area contributed by atoms with E-state index in [0.717, 1.165) is 12.1 Å². The van der Waals surface area contributed by atoms with Crippen molar-refractivity contribution in [1.82, 2.24) is 0 Å². The second-order valence-corrected chi connectivity index (χ2v) is 8.06. The molecular formula is C24H24O13. The van der Waals surface area contributed by atoms with Gasteiger partial charge in [0.2, 0.25) is 12.0 Å². The lowest BCUT2D eigenvalue weighted by atomic mass is 9.99. The van der Waals surface area contributed by atoms with Gasteiger partial charge < -0.3 is 53.6 Å². The second-order valence-electron chi connectivity index (χ2n) is 8.06. The summed E-state index contributed by atoms with van der Waals surface area (Å²) in [5.74, 6) is -1.30. The Morgan fingerprint density at radius 1 is 0.892 bits per heavy atom. The standard InChI is InChI=1S/C24H24O13/c1-32-15-4-9(5-16(33-2)21(15)34-3)13-8-12(26)17-11(25)6-10(7-14(17)36-13)35-24-20(29)18(27)19(28)22(37-24)23(30)31/h4-8,18-20,22,24-25,27-29H,1-3H3,(H,30,31)/t18-,19-,20+,22-,24+/m0/s1. The number of fused-ring (bicyclic) bond motifs is 1. The maximum atomic E-state index is 12.8. The van der Waals surface area contributed by atoms with E-state index in [1.165, 1.54) is 27.4 Å². The molecule has 2 heterocycles. The highest BCUT2D eigenvalue weighted by atomic mass is 16.7. The van der Waals surface area contributed by atoms with Crippen LogP contribution in [0.25, 0.3) is 22.3 Å². The average molecular weight is 520 g/mol. The van der Waals surface area contributed by atoms with Gasteiger partial charge in [-0.1, -0.05) is 0 Å². The summed E-state index contributed by atoms with van der Waals surface area (Å²) in [7, 11) is 4.28. The first-order valence-electron chi connectivity index (χ1n) is 10.8. The number of aliphatic hydroxyl groups excluding tert-OH is 3. The molecule has 1 aromatic heterocycles. The van der Waals surface area contributed by atoms with Crippen LogP contribution in [-0.2, 0) is 9.53 Å². The van der Waals surface area contributed by atoms with Crippen LogP contribution < -0.4 is 24.4 Å². The van der Waals surface area contributed by atoms with Gasteiger partial charge >= 0.3 is 5.97 Å². The van der Waals surface area contributed by atoms with Gasteiger partial charge in [0.1, 0.15) is 46.5 Å². The van der Waals surface area contributed by atoms with Crippen LogP contribution in [0.1, 0.15) is 0 Å². The van der Waals surface area contributed by atoms with Gasteiger partial charge in [-0.25, -0.2) is 4.79 Å². The highest BCUT2D eigenvalue weighted by Crippen LogP contribution is 2.42. The van der Waals surface area contributed by atoms with Crippen LogP contribution in [0.5, 0.6) is 28.7 Å². The van der Waals surface area contributed by atoms with Gasteiger partial charge in [0.25, 0.3) is 0 Å². The van der Waals surface area contributed by atoms with Gasteiger partial charge in [0.05, 0.1) is 21.3 Å². The number of carbonyl (C=O) groups is 1. The molecule has 0 saturated carbocycles. The van der Waals surface area contributed by atoms with Crippen LogP contribution in [0, 0.1) is 0 Å². The average Bonchev–Trinajstić information content (AvgIpc) is 2.87. The minimum Gasteiger partial charge on any atom is -0.507 e. The van der Waals surface area contributed by atoms with Gasteiger partial charge in [-0.15, -0.1) is 0 Å². The number of methoxy groups -OCH3 is 3. The van der Waals surface area contributed by atoms with E-state index in [1.807, 2.05) is 0 Å². The summed E-state index contributed by atoms with van der Waals surface area (Å²) in [6.45, 7) is 0. The zero-order chi connectivity index (χ0) is 27.0. The van der Waals surface area contributed by atoms with E-state index in [4.69, 9.17) is 28.1 Å². The third-order valence-corrected chi connectivity index (χ3v) is 5.80. The number of phenols is 1. The summed E-state index contributed by atoms with van der Waals surface area (Å²) in [5, 5.41) is 49.6. The molecule has 198 valence electrons. The first-order chi connectivity index (χ1) is 17.6. The lowest BCUT2D eigenvalue weighted by molar-refractivity contribution is -0.271. The largest absolute Gasteiger partial charge is 0.507 e. The molecule has 0 unspecified atom stereocenters. The minimum absolute atomic E-state index is 0.0757. The maximum absolute atomic E-state index is 12.8. The number of hydrogen-bond donors (Lipinski definition) is 5. The fraction of sp³-hybridized carbons (Fsp3) is 0.333. The van der Waals surface area contributed by atoms with Crippen molar-refractivity contribution in [2.45, 2.75) is 30.7 Å². The molecule has 1 aliphatic heterocycles. The summed E-state index contributed by atoms with van der Waals surface area (Å²) in [5.41, 5.74) is -0.328. The number of phenolic OH excluding ortho intramolecular Hbond substituents is 1. The molecule has 2 aromatic carbocycles. The molecule has 1 fully saturated rings. The molecule has 4 rings (SSSR count). The third-order valence-electron chi connectivity index (χ3n) is 5.80. The molecule has 0 bridgehead atoms. The van der Waals surface area contributed by atoms with Crippen molar-refractivity contribution in [3.8, 4) is 40.1 Å². The Hall–Kier alpha value is -4.04. The van der Waals surface area contributed by atoms with E-state index in [1.54, 1.807) is 12.1 Å². The van der Waals surface area contributed by atoms with E-state index in [2.05, 4.69) is 0 Å². The molecule has 3 aromatic rings. The summed E-state index contributed by atoms with van der Waals surface area (Å²) in [6, 6.07) is 6.50. The Bertz CT molecular complexity index is 1360. The Morgan fingerprint density at radius 3 is 2.11 bits per heavy atom. The van der Waals surface area contributed by atoms with E-state index >= 15 is 0 Å². The topological polar surface area (TPSA) is 195 Å². The van der Waals surface area contributed by atoms with Crippen LogP contribution in [0.2, 0.25) is 0 Å². The van der Waals surface area contributed by atoms with Crippen LogP contribution in [0.4, 0.5) is 0 Å². The van der Waals surface area contributed by atoms with Crippen LogP contribution >= 0.6 is 0 Å². The molecule has 0 amide bonds. The highest BCUT2D eigenvalue weighted by molar-refractivity contribution is 5.86. The first-order valence-corrected chi connectivity index (χ1v) is 10.8. The van der Waals surface area contributed by atoms with Gasteiger partial charge in [-0.2, -0.15) is 0 Å². The Balaban J connectivity index is 1.76. The van der Waals surface area contributed by atoms with E-state index in [0.29, 0.717) is 22.8 Å². The van der Waals surface area contributed by atoms with Crippen molar-refractivity contribution in [3.63, 3.8) is 0 Å². The monoisotopic (exact) mass is 520 g/mol. The number of aliphatic carboxylic acids is 1. The molecule has 1 saturated heterocycles. The predicted molar refractivity (Wildman–Crippen MR) is 124 cm³/mol. The molecular weight excluding hydrogens is 496 g/mol. The number of hydrogen-bond acceptors (Lipinski definition) is 12. The van der Waals surface area contributed by atoms with Crippen molar-refractivity contribution in [1.29, 1.82) is 0 Å². The first kappa shape index (κ1) is 26.0. The van der Waals surface area contributed by atoms with Gasteiger partial charge in [-0.3, -0.25) is 4.79 Å². The Labute approximate surface area is 208 Å². The lowest BCUT2D eigenvalue weighted by Crippen LogP contribution is -2.61.